The van der Waals surface area contributed by atoms with E-state index >= 15 is 0 Å². The molecule has 0 radical (unpaired) electrons. The third-order valence-corrected chi connectivity index (χ3v) is 6.88. The largest absolute Gasteiger partial charge is 0.497 e. The number of carbonyl (C=O) groups excluding carboxylic acids is 2. The number of ether oxygens (including phenoxy) is 2. The summed E-state index contributed by atoms with van der Waals surface area (Å²) in [6, 6.07) is 21.7. The first-order valence-electron chi connectivity index (χ1n) is 10.8. The molecule has 1 saturated heterocycles. The number of hydrogen-bond acceptors (Lipinski definition) is 6. The van der Waals surface area contributed by atoms with Gasteiger partial charge in [0.15, 0.2) is 5.17 Å². The number of rotatable bonds is 7. The van der Waals surface area contributed by atoms with Crippen LogP contribution in [0.4, 0.5) is 11.4 Å². The highest BCUT2D eigenvalue weighted by Crippen LogP contribution is 2.32. The number of hydrogen-bond donors (Lipinski definition) is 1. The van der Waals surface area contributed by atoms with Crippen LogP contribution in [0, 0.1) is 0 Å². The molecule has 1 fully saturated rings. The summed E-state index contributed by atoms with van der Waals surface area (Å²) in [5.74, 6) is 0.944. The molecule has 1 aliphatic rings. The molecule has 1 N–H and O–H groups in total. The highest BCUT2D eigenvalue weighted by Gasteiger charge is 2.36. The first kappa shape index (κ1) is 24.6. The molecule has 180 valence electrons. The number of nitrogens with one attached hydrogen (secondary N) is 1. The minimum absolute atomic E-state index is 0.0404. The Bertz CT molecular complexity index is 1230. The maximum absolute atomic E-state index is 13.2. The van der Waals surface area contributed by atoms with E-state index in [-0.39, 0.29) is 18.2 Å². The number of nitrogens with zero attached hydrogens (tertiary/aromatic N) is 2. The molecule has 2 amide bonds. The fourth-order valence-corrected chi connectivity index (χ4v) is 4.73. The molecule has 0 aliphatic carbocycles. The van der Waals surface area contributed by atoms with Crippen LogP contribution in [0.15, 0.2) is 77.8 Å². The van der Waals surface area contributed by atoms with Crippen LogP contribution in [0.5, 0.6) is 11.5 Å². The molecule has 7 nitrogen and oxygen atoms in total. The number of anilines is 1. The molecule has 1 atom stereocenters. The van der Waals surface area contributed by atoms with Crippen LogP contribution in [0.25, 0.3) is 0 Å². The Morgan fingerprint density at radius 3 is 2.29 bits per heavy atom. The van der Waals surface area contributed by atoms with Gasteiger partial charge in [0.25, 0.3) is 0 Å². The maximum Gasteiger partial charge on any atom is 0.238 e. The third-order valence-electron chi connectivity index (χ3n) is 5.36. The molecule has 35 heavy (non-hydrogen) atoms. The number of carbonyl (C=O) groups is 2. The first-order valence-corrected chi connectivity index (χ1v) is 12.1. The van der Waals surface area contributed by atoms with Crippen LogP contribution < -0.4 is 14.8 Å². The topological polar surface area (TPSA) is 80.2 Å². The van der Waals surface area contributed by atoms with E-state index in [9.17, 15) is 9.59 Å². The summed E-state index contributed by atoms with van der Waals surface area (Å²) in [6.07, 6.45) is 0.0404. The lowest BCUT2D eigenvalue weighted by Gasteiger charge is -2.32. The summed E-state index contributed by atoms with van der Waals surface area (Å²) in [4.78, 5) is 32.6. The molecule has 0 aromatic heterocycles. The van der Waals surface area contributed by atoms with Crippen molar-refractivity contribution < 1.29 is 19.1 Å². The summed E-state index contributed by atoms with van der Waals surface area (Å²) >= 11 is 7.44. The average Bonchev–Trinajstić information content (AvgIpc) is 2.88. The highest BCUT2D eigenvalue weighted by molar-refractivity contribution is 8.15. The Labute approximate surface area is 213 Å². The lowest BCUT2D eigenvalue weighted by Crippen LogP contribution is -2.44. The van der Waals surface area contributed by atoms with E-state index in [1.807, 2.05) is 24.3 Å². The van der Waals surface area contributed by atoms with Gasteiger partial charge in [-0.05, 0) is 54.1 Å². The van der Waals surface area contributed by atoms with Gasteiger partial charge in [-0.3, -0.25) is 14.5 Å². The molecule has 1 heterocycles. The van der Waals surface area contributed by atoms with Crippen molar-refractivity contribution in [3.8, 4) is 11.5 Å². The number of thioether (sulfide) groups is 1. The smallest absolute Gasteiger partial charge is 0.238 e. The Morgan fingerprint density at radius 1 is 1.03 bits per heavy atom. The summed E-state index contributed by atoms with van der Waals surface area (Å²) in [5, 5.41) is 3.06. The predicted octanol–water partition coefficient (Wildman–Crippen LogP) is 5.52. The van der Waals surface area contributed by atoms with Crippen molar-refractivity contribution in [2.75, 3.05) is 19.5 Å². The van der Waals surface area contributed by atoms with Gasteiger partial charge >= 0.3 is 0 Å². The molecule has 0 saturated carbocycles. The normalized spacial score (nSPS) is 16.8. The zero-order chi connectivity index (χ0) is 24.8. The molecular weight excluding hydrogens is 486 g/mol. The van der Waals surface area contributed by atoms with Gasteiger partial charge in [-0.1, -0.05) is 47.6 Å². The van der Waals surface area contributed by atoms with Gasteiger partial charge < -0.3 is 14.8 Å². The number of methoxy groups -OCH3 is 2. The van der Waals surface area contributed by atoms with Crippen LogP contribution in [0.1, 0.15) is 12.0 Å². The number of amides is 2. The van der Waals surface area contributed by atoms with Crippen LogP contribution in [0.2, 0.25) is 5.02 Å². The van der Waals surface area contributed by atoms with Crippen LogP contribution in [-0.4, -0.2) is 41.4 Å². The minimum Gasteiger partial charge on any atom is -0.497 e. The molecule has 3 aromatic rings. The fraction of sp³-hybridized carbons (Fsp3) is 0.192. The van der Waals surface area contributed by atoms with E-state index in [0.29, 0.717) is 33.9 Å². The quantitative estimate of drug-likeness (QED) is 0.453. The zero-order valence-corrected chi connectivity index (χ0v) is 20.8. The van der Waals surface area contributed by atoms with Crippen LogP contribution in [-0.2, 0) is 16.1 Å². The van der Waals surface area contributed by atoms with Crippen molar-refractivity contribution in [2.24, 2.45) is 4.99 Å². The third kappa shape index (κ3) is 6.15. The number of amidine groups is 1. The Morgan fingerprint density at radius 2 is 1.66 bits per heavy atom. The maximum atomic E-state index is 13.2. The summed E-state index contributed by atoms with van der Waals surface area (Å²) in [7, 11) is 3.20. The summed E-state index contributed by atoms with van der Waals surface area (Å²) in [5.41, 5.74) is 2.07. The van der Waals surface area contributed by atoms with Crippen molar-refractivity contribution in [3.63, 3.8) is 0 Å². The van der Waals surface area contributed by atoms with Gasteiger partial charge in [0, 0.05) is 6.42 Å². The first-order chi connectivity index (χ1) is 17.0. The van der Waals surface area contributed by atoms with Gasteiger partial charge in [0.05, 0.1) is 37.2 Å². The number of para-hydroxylation sites is 1. The van der Waals surface area contributed by atoms with Gasteiger partial charge in [-0.15, -0.1) is 0 Å². The second kappa shape index (κ2) is 11.3. The second-order valence-corrected chi connectivity index (χ2v) is 9.28. The Kier molecular flexibility index (Phi) is 7.94. The number of benzene rings is 3. The van der Waals surface area contributed by atoms with E-state index in [1.54, 1.807) is 67.7 Å². The fourth-order valence-electron chi connectivity index (χ4n) is 3.45. The van der Waals surface area contributed by atoms with E-state index in [1.165, 1.54) is 11.8 Å². The molecule has 0 unspecified atom stereocenters. The summed E-state index contributed by atoms with van der Waals surface area (Å²) in [6.45, 7) is 0.323. The summed E-state index contributed by atoms with van der Waals surface area (Å²) < 4.78 is 10.4. The zero-order valence-electron chi connectivity index (χ0n) is 19.2. The predicted molar refractivity (Wildman–Crippen MR) is 140 cm³/mol. The van der Waals surface area contributed by atoms with Crippen molar-refractivity contribution in [3.05, 3.63) is 83.4 Å². The van der Waals surface area contributed by atoms with Crippen LogP contribution in [0.3, 0.4) is 0 Å². The van der Waals surface area contributed by atoms with Crippen molar-refractivity contribution in [1.29, 1.82) is 0 Å². The Balaban J connectivity index is 1.60. The van der Waals surface area contributed by atoms with Gasteiger partial charge in [-0.25, -0.2) is 4.99 Å². The van der Waals surface area contributed by atoms with Gasteiger partial charge in [0.2, 0.25) is 11.8 Å². The molecule has 4 rings (SSSR count). The van der Waals surface area contributed by atoms with Gasteiger partial charge in [-0.2, -0.15) is 0 Å². The molecule has 9 heteroatoms. The average molecular weight is 510 g/mol. The second-order valence-electron chi connectivity index (χ2n) is 7.70. The number of halogens is 1. The lowest BCUT2D eigenvalue weighted by molar-refractivity contribution is -0.129. The molecule has 3 aromatic carbocycles. The van der Waals surface area contributed by atoms with E-state index in [0.717, 1.165) is 11.3 Å². The molecule has 0 bridgehead atoms. The number of aliphatic imine (C=N–C) groups is 1. The monoisotopic (exact) mass is 509 g/mol. The highest BCUT2D eigenvalue weighted by atomic mass is 35.5. The Hall–Kier alpha value is -3.49. The van der Waals surface area contributed by atoms with Crippen LogP contribution >= 0.6 is 23.4 Å². The van der Waals surface area contributed by atoms with E-state index in [4.69, 9.17) is 26.1 Å². The SMILES string of the molecule is COc1ccc(CN2C(=O)C[C@H](C(=O)Nc3ccccc3Cl)SC2=Nc2ccc(OC)cc2)cc1. The van der Waals surface area contributed by atoms with Gasteiger partial charge in [0.1, 0.15) is 16.7 Å². The van der Waals surface area contributed by atoms with Crippen molar-refractivity contribution >= 4 is 51.7 Å². The van der Waals surface area contributed by atoms with E-state index in [2.05, 4.69) is 5.32 Å². The lowest BCUT2D eigenvalue weighted by atomic mass is 10.2. The minimum atomic E-state index is -0.650. The van der Waals surface area contributed by atoms with E-state index < -0.39 is 5.25 Å². The van der Waals surface area contributed by atoms with Crippen molar-refractivity contribution in [1.82, 2.24) is 4.90 Å². The standard InChI is InChI=1S/C26H24ClN3O4S/c1-33-19-11-7-17(8-12-19)16-30-24(31)15-23(25(32)29-22-6-4-3-5-21(22)27)35-26(30)28-18-9-13-20(34-2)14-10-18/h3-14,23H,15-16H2,1-2H3,(H,29,32)/t23-/m1/s1. The molecule has 0 spiro atoms. The molecule has 1 aliphatic heterocycles. The van der Waals surface area contributed by atoms with Crippen molar-refractivity contribution in [2.45, 2.75) is 18.2 Å². The molecular formula is C26H24ClN3O4S.